The molecular weight excluding hydrogens is 659 g/mol. The van der Waals surface area contributed by atoms with E-state index in [1.54, 1.807) is 12.3 Å². The Morgan fingerprint density at radius 3 is 2.33 bits per heavy atom. The van der Waals surface area contributed by atoms with E-state index in [0.29, 0.717) is 17.2 Å². The molecule has 0 aliphatic carbocycles. The van der Waals surface area contributed by atoms with Gasteiger partial charge in [0.1, 0.15) is 5.03 Å². The second-order valence-electron chi connectivity index (χ2n) is 10.3. The number of hydrogen-bond acceptors (Lipinski definition) is 7. The van der Waals surface area contributed by atoms with Crippen LogP contribution >= 0.6 is 46.6 Å². The van der Waals surface area contributed by atoms with Crippen LogP contribution in [0.5, 0.6) is 0 Å². The molecule has 3 aromatic carbocycles. The van der Waals surface area contributed by atoms with Crippen LogP contribution in [0.2, 0.25) is 0 Å². The van der Waals surface area contributed by atoms with E-state index >= 15 is 0 Å². The Bertz CT molecular complexity index is 1630. The molecule has 0 bridgehead atoms. The molecule has 0 unspecified atom stereocenters. The Balaban J connectivity index is 1.36. The fourth-order valence-electron chi connectivity index (χ4n) is 4.91. The van der Waals surface area contributed by atoms with Crippen molar-refractivity contribution in [3.63, 3.8) is 0 Å². The Morgan fingerprint density at radius 2 is 1.64 bits per heavy atom. The van der Waals surface area contributed by atoms with Gasteiger partial charge in [-0.05, 0) is 39.9 Å². The first kappa shape index (κ1) is 33.2. The molecule has 0 spiro atoms. The minimum atomic E-state index is -2.05. The van der Waals surface area contributed by atoms with Crippen LogP contribution in [0.25, 0.3) is 11.1 Å². The van der Waals surface area contributed by atoms with Crippen molar-refractivity contribution in [1.82, 2.24) is 10.3 Å². The summed E-state index contributed by atoms with van der Waals surface area (Å²) in [6.45, 7) is 0.122. The summed E-state index contributed by atoms with van der Waals surface area (Å²) in [5, 5.41) is 22.1. The molecule has 2 heterocycles. The number of pyridine rings is 1. The number of rotatable bonds is 10. The number of carbonyl (C=O) groups is 2. The standard InChI is InChI=1S/C33H29Cl3N2O6S/c34-33(35,36)32(42)38-17-24-4-1-2-5-26(24)21-11-13-23(14-12-21)31-43-25(19-45-29-27(30(40)41)6-3-15-37-29)16-28(44-31)22-9-7-20(18-39)8-10-22/h1-15,25,28,31,39H,16-19H2,(H,38,42)(H,40,41)/t25-,28+,31+/m1/s1. The summed E-state index contributed by atoms with van der Waals surface area (Å²) in [6.07, 6.45) is 0.848. The fraction of sp³-hybridized carbons (Fsp3) is 0.242. The summed E-state index contributed by atoms with van der Waals surface area (Å²) in [7, 11) is 0. The van der Waals surface area contributed by atoms with Gasteiger partial charge in [-0.15, -0.1) is 11.8 Å². The smallest absolute Gasteiger partial charge is 0.338 e. The van der Waals surface area contributed by atoms with Crippen molar-refractivity contribution >= 4 is 58.4 Å². The Labute approximate surface area is 279 Å². The number of carbonyl (C=O) groups excluding carboxylic acids is 1. The largest absolute Gasteiger partial charge is 0.478 e. The van der Waals surface area contributed by atoms with E-state index in [-0.39, 0.29) is 30.9 Å². The molecule has 8 nitrogen and oxygen atoms in total. The van der Waals surface area contributed by atoms with E-state index in [1.165, 1.54) is 17.8 Å². The first-order valence-electron chi connectivity index (χ1n) is 14.0. The number of benzene rings is 3. The Hall–Kier alpha value is -3.15. The first-order valence-corrected chi connectivity index (χ1v) is 16.1. The number of aliphatic hydroxyl groups excluding tert-OH is 1. The number of aromatic nitrogens is 1. The van der Waals surface area contributed by atoms with Gasteiger partial charge in [0.15, 0.2) is 6.29 Å². The number of nitrogens with one attached hydrogen (secondary N) is 1. The zero-order valence-corrected chi connectivity index (χ0v) is 26.8. The minimum absolute atomic E-state index is 0.0540. The van der Waals surface area contributed by atoms with Gasteiger partial charge in [-0.1, -0.05) is 108 Å². The number of aromatic carboxylic acids is 1. The SMILES string of the molecule is O=C(O)c1cccnc1SC[C@H]1C[C@@H](c2ccc(CO)cc2)O[C@@H](c2ccc(-c3ccccc3CNC(=O)C(Cl)(Cl)Cl)cc2)O1. The lowest BCUT2D eigenvalue weighted by Crippen LogP contribution is -2.34. The molecule has 12 heteroatoms. The highest BCUT2D eigenvalue weighted by molar-refractivity contribution is 7.99. The average Bonchev–Trinajstić information content (AvgIpc) is 3.06. The van der Waals surface area contributed by atoms with Gasteiger partial charge < -0.3 is 25.0 Å². The molecule has 45 heavy (non-hydrogen) atoms. The third-order valence-corrected chi connectivity index (χ3v) is 8.88. The van der Waals surface area contributed by atoms with Gasteiger partial charge in [0.25, 0.3) is 9.70 Å². The van der Waals surface area contributed by atoms with Crippen molar-refractivity contribution in [2.45, 2.75) is 46.9 Å². The zero-order chi connectivity index (χ0) is 32.0. The van der Waals surface area contributed by atoms with E-state index in [0.717, 1.165) is 33.4 Å². The van der Waals surface area contributed by atoms with Gasteiger partial charge in [-0.3, -0.25) is 4.79 Å². The van der Waals surface area contributed by atoms with E-state index in [2.05, 4.69) is 10.3 Å². The van der Waals surface area contributed by atoms with Crippen molar-refractivity contribution in [2.75, 3.05) is 5.75 Å². The third-order valence-electron chi connectivity index (χ3n) is 7.23. The topological polar surface area (TPSA) is 118 Å². The van der Waals surface area contributed by atoms with Gasteiger partial charge in [0.2, 0.25) is 0 Å². The normalized spacial score (nSPS) is 18.4. The summed E-state index contributed by atoms with van der Waals surface area (Å²) in [5.41, 5.74) is 5.35. The fourth-order valence-corrected chi connectivity index (χ4v) is 6.12. The number of amides is 1. The van der Waals surface area contributed by atoms with Gasteiger partial charge in [0, 0.05) is 30.5 Å². The van der Waals surface area contributed by atoms with Crippen molar-refractivity contribution in [2.24, 2.45) is 0 Å². The lowest BCUT2D eigenvalue weighted by Gasteiger charge is -2.36. The number of ether oxygens (including phenoxy) is 2. The number of alkyl halides is 3. The van der Waals surface area contributed by atoms with Crippen molar-refractivity contribution in [3.05, 3.63) is 119 Å². The van der Waals surface area contributed by atoms with Gasteiger partial charge >= 0.3 is 5.97 Å². The number of carboxylic acids is 1. The highest BCUT2D eigenvalue weighted by Crippen LogP contribution is 2.40. The van der Waals surface area contributed by atoms with Crippen molar-refractivity contribution in [3.8, 4) is 11.1 Å². The molecule has 3 atom stereocenters. The van der Waals surface area contributed by atoms with E-state index in [1.807, 2.05) is 72.8 Å². The van der Waals surface area contributed by atoms with Crippen LogP contribution in [0.1, 0.15) is 51.4 Å². The Kier molecular flexibility index (Phi) is 11.0. The molecule has 5 rings (SSSR count). The molecule has 1 aromatic heterocycles. The summed E-state index contributed by atoms with van der Waals surface area (Å²) in [6, 6.07) is 26.1. The minimum Gasteiger partial charge on any atom is -0.478 e. The molecule has 4 aromatic rings. The molecule has 3 N–H and O–H groups in total. The van der Waals surface area contributed by atoms with Crippen LogP contribution in [0.3, 0.4) is 0 Å². The average molecular weight is 688 g/mol. The molecule has 1 amide bonds. The van der Waals surface area contributed by atoms with Crippen molar-refractivity contribution in [1.29, 1.82) is 0 Å². The van der Waals surface area contributed by atoms with Crippen LogP contribution in [0.4, 0.5) is 0 Å². The number of thioether (sulfide) groups is 1. The maximum absolute atomic E-state index is 12.1. The van der Waals surface area contributed by atoms with E-state index in [4.69, 9.17) is 44.3 Å². The number of aliphatic hydroxyl groups is 1. The number of carboxylic acid groups (broad SMARTS) is 1. The van der Waals surface area contributed by atoms with E-state index < -0.39 is 22.0 Å². The maximum atomic E-state index is 12.1. The second-order valence-corrected chi connectivity index (χ2v) is 13.6. The third kappa shape index (κ3) is 8.56. The summed E-state index contributed by atoms with van der Waals surface area (Å²) in [5.74, 6) is -1.28. The number of halogens is 3. The molecule has 1 aliphatic heterocycles. The summed E-state index contributed by atoms with van der Waals surface area (Å²) in [4.78, 5) is 28.1. The molecule has 1 saturated heterocycles. The quantitative estimate of drug-likeness (QED) is 0.118. The number of hydrogen-bond donors (Lipinski definition) is 3. The molecular formula is C33H29Cl3N2O6S. The number of nitrogens with zero attached hydrogens (tertiary/aromatic N) is 1. The van der Waals surface area contributed by atoms with Crippen LogP contribution < -0.4 is 5.32 Å². The first-order chi connectivity index (χ1) is 21.6. The molecule has 1 fully saturated rings. The summed E-state index contributed by atoms with van der Waals surface area (Å²) < 4.78 is 10.8. The van der Waals surface area contributed by atoms with Gasteiger partial charge in [-0.25, -0.2) is 9.78 Å². The van der Waals surface area contributed by atoms with Crippen LogP contribution in [0.15, 0.2) is 96.2 Å². The second kappa shape index (κ2) is 15.0. The monoisotopic (exact) mass is 686 g/mol. The lowest BCUT2D eigenvalue weighted by atomic mass is 9.98. The highest BCUT2D eigenvalue weighted by Gasteiger charge is 2.33. The molecule has 234 valence electrons. The maximum Gasteiger partial charge on any atom is 0.338 e. The van der Waals surface area contributed by atoms with Crippen LogP contribution in [-0.2, 0) is 27.4 Å². The molecule has 0 saturated carbocycles. The predicted octanol–water partition coefficient (Wildman–Crippen LogP) is 7.26. The van der Waals surface area contributed by atoms with Crippen molar-refractivity contribution < 1.29 is 29.3 Å². The zero-order valence-electron chi connectivity index (χ0n) is 23.7. The lowest BCUT2D eigenvalue weighted by molar-refractivity contribution is -0.245. The molecule has 0 radical (unpaired) electrons. The van der Waals surface area contributed by atoms with E-state index in [9.17, 15) is 19.8 Å². The van der Waals surface area contributed by atoms with Crippen LogP contribution in [-0.4, -0.2) is 42.7 Å². The highest BCUT2D eigenvalue weighted by atomic mass is 35.6. The predicted molar refractivity (Wildman–Crippen MR) is 174 cm³/mol. The van der Waals surface area contributed by atoms with Gasteiger partial charge in [0.05, 0.1) is 24.4 Å². The van der Waals surface area contributed by atoms with Crippen LogP contribution in [0, 0.1) is 0 Å². The Morgan fingerprint density at radius 1 is 0.933 bits per heavy atom. The molecule has 1 aliphatic rings. The summed E-state index contributed by atoms with van der Waals surface area (Å²) >= 11 is 18.4. The van der Waals surface area contributed by atoms with Gasteiger partial charge in [-0.2, -0.15) is 0 Å².